The molecule has 3 rings (SSSR count). The third-order valence-electron chi connectivity index (χ3n) is 4.80. The van der Waals surface area contributed by atoms with Crippen molar-refractivity contribution in [2.24, 2.45) is 5.92 Å². The molecule has 0 bridgehead atoms. The van der Waals surface area contributed by atoms with Crippen molar-refractivity contribution < 1.29 is 4.79 Å². The number of likely N-dealkylation sites (tertiary alicyclic amines) is 1. The molecule has 0 atom stereocenters. The molecule has 2 heterocycles. The normalized spacial score (nSPS) is 15.3. The molecule has 1 aromatic carbocycles. The molecule has 1 aliphatic rings. The van der Waals surface area contributed by atoms with Gasteiger partial charge in [0.05, 0.1) is 0 Å². The van der Waals surface area contributed by atoms with Gasteiger partial charge in [-0.1, -0.05) is 30.3 Å². The van der Waals surface area contributed by atoms with E-state index in [-0.39, 0.29) is 12.3 Å². The zero-order chi connectivity index (χ0) is 17.6. The van der Waals surface area contributed by atoms with E-state index in [2.05, 4.69) is 29.2 Å². The lowest BCUT2D eigenvalue weighted by atomic mass is 9.90. The smallest absolute Gasteiger partial charge is 0.328 e. The summed E-state index contributed by atoms with van der Waals surface area (Å²) in [5, 5.41) is 0. The first-order valence-corrected chi connectivity index (χ1v) is 8.73. The van der Waals surface area contributed by atoms with E-state index in [1.54, 1.807) is 0 Å². The van der Waals surface area contributed by atoms with E-state index in [9.17, 15) is 14.4 Å². The molecule has 1 N–H and O–H groups in total. The molecule has 1 aliphatic heterocycles. The molecule has 132 valence electrons. The van der Waals surface area contributed by atoms with Crippen molar-refractivity contribution >= 4 is 5.91 Å². The summed E-state index contributed by atoms with van der Waals surface area (Å²) in [5.41, 5.74) is 0.458. The van der Waals surface area contributed by atoms with Crippen molar-refractivity contribution in [2.75, 3.05) is 13.1 Å². The van der Waals surface area contributed by atoms with Crippen molar-refractivity contribution in [2.45, 2.75) is 32.2 Å². The first kappa shape index (κ1) is 17.2. The number of nitrogens with one attached hydrogen (secondary N) is 1. The Labute approximate surface area is 146 Å². The van der Waals surface area contributed by atoms with Crippen LogP contribution in [0.25, 0.3) is 0 Å². The van der Waals surface area contributed by atoms with E-state index in [1.165, 1.54) is 22.4 Å². The second-order valence-corrected chi connectivity index (χ2v) is 6.57. The fraction of sp³-hybridized carbons (Fsp3) is 0.421. The van der Waals surface area contributed by atoms with E-state index >= 15 is 0 Å². The lowest BCUT2D eigenvalue weighted by molar-refractivity contribution is -0.132. The maximum atomic E-state index is 12.4. The van der Waals surface area contributed by atoms with Gasteiger partial charge >= 0.3 is 5.69 Å². The van der Waals surface area contributed by atoms with Crippen LogP contribution in [0.4, 0.5) is 0 Å². The second kappa shape index (κ2) is 7.96. The molecule has 0 spiro atoms. The molecule has 2 aromatic rings. The topological polar surface area (TPSA) is 75.2 Å². The quantitative estimate of drug-likeness (QED) is 0.893. The number of amides is 1. The summed E-state index contributed by atoms with van der Waals surface area (Å²) in [5.74, 6) is 0.685. The number of hydrogen-bond acceptors (Lipinski definition) is 3. The lowest BCUT2D eigenvalue weighted by Crippen LogP contribution is -2.39. The van der Waals surface area contributed by atoms with E-state index in [4.69, 9.17) is 0 Å². The fourth-order valence-corrected chi connectivity index (χ4v) is 3.33. The van der Waals surface area contributed by atoms with Crippen LogP contribution in [0.1, 0.15) is 24.8 Å². The Morgan fingerprint density at radius 1 is 1.08 bits per heavy atom. The predicted octanol–water partition coefficient (Wildman–Crippen LogP) is 1.41. The van der Waals surface area contributed by atoms with Crippen LogP contribution in [0.2, 0.25) is 0 Å². The number of carbonyl (C=O) groups is 1. The van der Waals surface area contributed by atoms with Gasteiger partial charge in [-0.15, -0.1) is 0 Å². The summed E-state index contributed by atoms with van der Waals surface area (Å²) in [4.78, 5) is 39.1. The zero-order valence-corrected chi connectivity index (χ0v) is 14.2. The number of carbonyl (C=O) groups excluding carboxylic acids is 1. The van der Waals surface area contributed by atoms with Crippen molar-refractivity contribution in [3.05, 3.63) is 69.0 Å². The molecular formula is C19H23N3O3. The first-order chi connectivity index (χ1) is 12.1. The largest absolute Gasteiger partial charge is 0.343 e. The van der Waals surface area contributed by atoms with E-state index in [1.807, 2.05) is 11.0 Å². The van der Waals surface area contributed by atoms with Gasteiger partial charge in [0.2, 0.25) is 5.91 Å². The molecule has 1 saturated heterocycles. The summed E-state index contributed by atoms with van der Waals surface area (Å²) in [6, 6.07) is 11.7. The van der Waals surface area contributed by atoms with Crippen LogP contribution >= 0.6 is 0 Å². The van der Waals surface area contributed by atoms with Crippen molar-refractivity contribution in [1.29, 1.82) is 0 Å². The standard InChI is InChI=1S/C19H23N3O3/c23-17-8-12-22(19(25)20-17)13-9-18(24)21-10-6-16(7-11-21)14-15-4-2-1-3-5-15/h1-5,8,12,16H,6-7,9-11,13-14H2,(H,20,23,25). The SMILES string of the molecule is O=C(CCn1ccc(=O)[nH]c1=O)N1CCC(Cc2ccccc2)CC1. The summed E-state index contributed by atoms with van der Waals surface area (Å²) in [6.45, 7) is 1.84. The Balaban J connectivity index is 1.46. The highest BCUT2D eigenvalue weighted by molar-refractivity contribution is 5.76. The van der Waals surface area contributed by atoms with Crippen molar-refractivity contribution in [3.8, 4) is 0 Å². The number of rotatable bonds is 5. The Morgan fingerprint density at radius 3 is 2.48 bits per heavy atom. The molecule has 0 saturated carbocycles. The average Bonchev–Trinajstić information content (AvgIpc) is 2.62. The van der Waals surface area contributed by atoms with Gasteiger partial charge in [-0.3, -0.25) is 14.6 Å². The molecule has 0 aliphatic carbocycles. The molecule has 0 unspecified atom stereocenters. The van der Waals surface area contributed by atoms with Gasteiger partial charge in [0.25, 0.3) is 5.56 Å². The number of aryl methyl sites for hydroxylation is 1. The Bertz CT molecular complexity index is 818. The van der Waals surface area contributed by atoms with Gasteiger partial charge in [-0.2, -0.15) is 0 Å². The molecule has 1 fully saturated rings. The van der Waals surface area contributed by atoms with Gasteiger partial charge in [-0.25, -0.2) is 4.79 Å². The average molecular weight is 341 g/mol. The highest BCUT2D eigenvalue weighted by Crippen LogP contribution is 2.22. The van der Waals surface area contributed by atoms with Crippen molar-refractivity contribution in [3.63, 3.8) is 0 Å². The highest BCUT2D eigenvalue weighted by atomic mass is 16.2. The molecule has 25 heavy (non-hydrogen) atoms. The molecule has 0 radical (unpaired) electrons. The highest BCUT2D eigenvalue weighted by Gasteiger charge is 2.22. The fourth-order valence-electron chi connectivity index (χ4n) is 3.33. The van der Waals surface area contributed by atoms with Crippen LogP contribution in [-0.2, 0) is 17.8 Å². The zero-order valence-electron chi connectivity index (χ0n) is 14.2. The number of aromatic amines is 1. The lowest BCUT2D eigenvalue weighted by Gasteiger charge is -2.32. The van der Waals surface area contributed by atoms with Crippen LogP contribution in [0.5, 0.6) is 0 Å². The molecule has 1 aromatic heterocycles. The van der Waals surface area contributed by atoms with E-state index in [0.717, 1.165) is 32.4 Å². The molecule has 6 nitrogen and oxygen atoms in total. The Hall–Kier alpha value is -2.63. The van der Waals surface area contributed by atoms with Gasteiger partial charge in [0, 0.05) is 38.3 Å². The third-order valence-corrected chi connectivity index (χ3v) is 4.80. The monoisotopic (exact) mass is 341 g/mol. The van der Waals surface area contributed by atoms with Crippen LogP contribution in [0.15, 0.2) is 52.2 Å². The van der Waals surface area contributed by atoms with Gasteiger partial charge < -0.3 is 9.47 Å². The minimum absolute atomic E-state index is 0.0660. The number of H-pyrrole nitrogens is 1. The molecule has 6 heteroatoms. The van der Waals surface area contributed by atoms with E-state index < -0.39 is 11.2 Å². The number of piperidine rings is 1. The summed E-state index contributed by atoms with van der Waals surface area (Å²) >= 11 is 0. The summed E-state index contributed by atoms with van der Waals surface area (Å²) in [7, 11) is 0. The number of hydrogen-bond donors (Lipinski definition) is 1. The van der Waals surface area contributed by atoms with Gasteiger partial charge in [0.1, 0.15) is 0 Å². The summed E-state index contributed by atoms with van der Waals surface area (Å²) in [6.07, 6.45) is 4.80. The third kappa shape index (κ3) is 4.68. The van der Waals surface area contributed by atoms with Crippen LogP contribution < -0.4 is 11.2 Å². The maximum absolute atomic E-state index is 12.4. The Morgan fingerprint density at radius 2 is 1.80 bits per heavy atom. The van der Waals surface area contributed by atoms with Gasteiger partial charge in [0.15, 0.2) is 0 Å². The maximum Gasteiger partial charge on any atom is 0.328 e. The first-order valence-electron chi connectivity index (χ1n) is 8.73. The van der Waals surface area contributed by atoms with Crippen LogP contribution in [0, 0.1) is 5.92 Å². The minimum atomic E-state index is -0.470. The van der Waals surface area contributed by atoms with Gasteiger partial charge in [-0.05, 0) is 30.7 Å². The van der Waals surface area contributed by atoms with Crippen LogP contribution in [0.3, 0.4) is 0 Å². The number of nitrogens with zero attached hydrogens (tertiary/aromatic N) is 2. The minimum Gasteiger partial charge on any atom is -0.343 e. The summed E-state index contributed by atoms with van der Waals surface area (Å²) < 4.78 is 1.36. The predicted molar refractivity (Wildman–Crippen MR) is 95.4 cm³/mol. The second-order valence-electron chi connectivity index (χ2n) is 6.57. The molecule has 1 amide bonds. The number of benzene rings is 1. The molecular weight excluding hydrogens is 318 g/mol. The van der Waals surface area contributed by atoms with E-state index in [0.29, 0.717) is 12.5 Å². The number of aromatic nitrogens is 2. The van der Waals surface area contributed by atoms with Crippen molar-refractivity contribution in [1.82, 2.24) is 14.5 Å². The van der Waals surface area contributed by atoms with Crippen LogP contribution in [-0.4, -0.2) is 33.4 Å². The Kier molecular flexibility index (Phi) is 5.48.